The van der Waals surface area contributed by atoms with Gasteiger partial charge in [-0.1, -0.05) is 0 Å². The van der Waals surface area contributed by atoms with Gasteiger partial charge in [0.15, 0.2) is 0 Å². The first-order valence-corrected chi connectivity index (χ1v) is 5.50. The van der Waals surface area contributed by atoms with Gasteiger partial charge in [0, 0.05) is 17.1 Å². The fourth-order valence-corrected chi connectivity index (χ4v) is 2.71. The van der Waals surface area contributed by atoms with Gasteiger partial charge in [0.1, 0.15) is 5.69 Å². The molecule has 15 heavy (non-hydrogen) atoms. The molecular weight excluding hydrogens is 208 g/mol. The van der Waals surface area contributed by atoms with Crippen LogP contribution in [-0.4, -0.2) is 9.67 Å². The zero-order chi connectivity index (χ0) is 10.6. The summed E-state index contributed by atoms with van der Waals surface area (Å²) in [6.45, 7) is 0. The molecule has 76 valence electrons. The van der Waals surface area contributed by atoms with Crippen LogP contribution >= 0.6 is 11.3 Å². The Hall–Kier alpha value is -1.68. The number of hydrogen-bond donors (Lipinski definition) is 2. The molecule has 4 heteroatoms. The Morgan fingerprint density at radius 2 is 2.20 bits per heavy atom. The monoisotopic (exact) mass is 218 g/mol. The van der Waals surface area contributed by atoms with E-state index in [-0.39, 0.29) is 5.88 Å². The highest BCUT2D eigenvalue weighted by atomic mass is 32.1. The molecule has 3 aromatic rings. The number of benzene rings is 1. The summed E-state index contributed by atoms with van der Waals surface area (Å²) in [5.41, 5.74) is 7.26. The topological polar surface area (TPSA) is 51.2 Å². The normalized spacial score (nSPS) is 11.5. The highest BCUT2D eigenvalue weighted by molar-refractivity contribution is 7.17. The molecule has 0 fully saturated rings. The minimum absolute atomic E-state index is 0.141. The summed E-state index contributed by atoms with van der Waals surface area (Å²) in [5.74, 6) is 0.141. The molecule has 0 bridgehead atoms. The van der Waals surface area contributed by atoms with Gasteiger partial charge in [0.25, 0.3) is 0 Å². The van der Waals surface area contributed by atoms with Crippen LogP contribution in [0.25, 0.3) is 21.0 Å². The molecule has 3 rings (SSSR count). The number of nitrogens with zero attached hydrogens (tertiary/aromatic N) is 1. The first-order chi connectivity index (χ1) is 7.18. The van der Waals surface area contributed by atoms with E-state index in [4.69, 9.17) is 5.73 Å². The zero-order valence-electron chi connectivity index (χ0n) is 8.19. The molecule has 0 saturated carbocycles. The molecule has 0 radical (unpaired) electrons. The van der Waals surface area contributed by atoms with Crippen LogP contribution in [0.15, 0.2) is 23.6 Å². The van der Waals surface area contributed by atoms with Crippen molar-refractivity contribution in [2.24, 2.45) is 7.05 Å². The third kappa shape index (κ3) is 0.995. The predicted molar refractivity (Wildman–Crippen MR) is 64.4 cm³/mol. The fraction of sp³-hybridized carbons (Fsp3) is 0.0909. The van der Waals surface area contributed by atoms with Crippen molar-refractivity contribution < 1.29 is 5.11 Å². The molecule has 0 unspecified atom stereocenters. The van der Waals surface area contributed by atoms with Crippen LogP contribution in [0.4, 0.5) is 5.69 Å². The number of aryl methyl sites for hydroxylation is 1. The molecule has 2 aromatic heterocycles. The second-order valence-electron chi connectivity index (χ2n) is 3.62. The molecule has 1 aromatic carbocycles. The summed E-state index contributed by atoms with van der Waals surface area (Å²) >= 11 is 1.69. The lowest BCUT2D eigenvalue weighted by Crippen LogP contribution is -1.86. The SMILES string of the molecule is Cn1c(O)c(N)c2cc3ccsc3cc21. The maximum atomic E-state index is 9.72. The summed E-state index contributed by atoms with van der Waals surface area (Å²) < 4.78 is 2.92. The molecule has 0 aliphatic heterocycles. The van der Waals surface area contributed by atoms with E-state index in [1.54, 1.807) is 15.9 Å². The molecule has 0 spiro atoms. The first-order valence-electron chi connectivity index (χ1n) is 4.62. The van der Waals surface area contributed by atoms with Gasteiger partial charge in [-0.2, -0.15) is 0 Å². The molecule has 0 atom stereocenters. The number of thiophene rings is 1. The number of nitrogen functional groups attached to an aromatic ring is 1. The number of aromatic hydroxyl groups is 1. The lowest BCUT2D eigenvalue weighted by atomic mass is 10.2. The van der Waals surface area contributed by atoms with Crippen LogP contribution in [-0.2, 0) is 7.05 Å². The van der Waals surface area contributed by atoms with Crippen molar-refractivity contribution in [3.05, 3.63) is 23.6 Å². The van der Waals surface area contributed by atoms with Crippen LogP contribution in [0, 0.1) is 0 Å². The Kier molecular flexibility index (Phi) is 1.53. The lowest BCUT2D eigenvalue weighted by molar-refractivity contribution is 0.438. The number of fused-ring (bicyclic) bond motifs is 2. The molecule has 2 heterocycles. The third-order valence-electron chi connectivity index (χ3n) is 2.78. The van der Waals surface area contributed by atoms with Crippen LogP contribution in [0.3, 0.4) is 0 Å². The smallest absolute Gasteiger partial charge is 0.215 e. The molecule has 0 amide bonds. The Morgan fingerprint density at radius 3 is 3.00 bits per heavy atom. The largest absolute Gasteiger partial charge is 0.493 e. The second kappa shape index (κ2) is 2.67. The fourth-order valence-electron chi connectivity index (χ4n) is 1.91. The van der Waals surface area contributed by atoms with E-state index >= 15 is 0 Å². The van der Waals surface area contributed by atoms with Gasteiger partial charge in [0.05, 0.1) is 5.52 Å². The Bertz CT molecular complexity index is 612. The highest BCUT2D eigenvalue weighted by Crippen LogP contribution is 2.36. The van der Waals surface area contributed by atoms with Crippen LogP contribution < -0.4 is 5.73 Å². The third-order valence-corrected chi connectivity index (χ3v) is 3.66. The summed E-state index contributed by atoms with van der Waals surface area (Å²) in [6.07, 6.45) is 0. The Labute approximate surface area is 90.4 Å². The maximum Gasteiger partial charge on any atom is 0.215 e. The maximum absolute atomic E-state index is 9.72. The van der Waals surface area contributed by atoms with E-state index in [1.165, 1.54) is 10.1 Å². The number of aromatic nitrogens is 1. The van der Waals surface area contributed by atoms with Crippen molar-refractivity contribution in [2.45, 2.75) is 0 Å². The summed E-state index contributed by atoms with van der Waals surface area (Å²) in [7, 11) is 1.81. The molecule has 3 nitrogen and oxygen atoms in total. The summed E-state index contributed by atoms with van der Waals surface area (Å²) in [5, 5.41) is 13.9. The number of anilines is 1. The van der Waals surface area contributed by atoms with Gasteiger partial charge in [-0.05, 0) is 29.0 Å². The van der Waals surface area contributed by atoms with E-state index < -0.39 is 0 Å². The van der Waals surface area contributed by atoms with Crippen molar-refractivity contribution in [1.29, 1.82) is 0 Å². The standard InChI is InChI=1S/C11H10N2OS/c1-13-8-5-9-6(2-3-15-9)4-7(8)10(12)11(13)14/h2-5,14H,12H2,1H3. The van der Waals surface area contributed by atoms with Crippen molar-refractivity contribution in [3.8, 4) is 5.88 Å². The Morgan fingerprint density at radius 1 is 1.40 bits per heavy atom. The van der Waals surface area contributed by atoms with Crippen molar-refractivity contribution >= 4 is 38.0 Å². The molecule has 0 aliphatic rings. The van der Waals surface area contributed by atoms with Gasteiger partial charge >= 0.3 is 0 Å². The van der Waals surface area contributed by atoms with Crippen LogP contribution in [0.5, 0.6) is 5.88 Å². The minimum atomic E-state index is 0.141. The number of rotatable bonds is 0. The average Bonchev–Trinajstić information content (AvgIpc) is 2.77. The second-order valence-corrected chi connectivity index (χ2v) is 4.57. The van der Waals surface area contributed by atoms with Crippen LogP contribution in [0.1, 0.15) is 0 Å². The Balaban J connectivity index is 2.59. The van der Waals surface area contributed by atoms with Gasteiger partial charge in [-0.15, -0.1) is 11.3 Å². The zero-order valence-corrected chi connectivity index (χ0v) is 9.01. The molecular formula is C11H10N2OS. The summed E-state index contributed by atoms with van der Waals surface area (Å²) in [6, 6.07) is 6.14. The number of nitrogens with two attached hydrogens (primary N) is 1. The molecule has 0 aliphatic carbocycles. The highest BCUT2D eigenvalue weighted by Gasteiger charge is 2.12. The van der Waals surface area contributed by atoms with Gasteiger partial charge < -0.3 is 15.4 Å². The van der Waals surface area contributed by atoms with Gasteiger partial charge in [0.2, 0.25) is 5.88 Å². The summed E-state index contributed by atoms with van der Waals surface area (Å²) in [4.78, 5) is 0. The predicted octanol–water partition coefficient (Wildman–Crippen LogP) is 2.68. The average molecular weight is 218 g/mol. The van der Waals surface area contributed by atoms with Crippen LogP contribution in [0.2, 0.25) is 0 Å². The van der Waals surface area contributed by atoms with E-state index in [0.717, 1.165) is 10.9 Å². The van der Waals surface area contributed by atoms with E-state index in [2.05, 4.69) is 17.5 Å². The van der Waals surface area contributed by atoms with Gasteiger partial charge in [-0.3, -0.25) is 0 Å². The van der Waals surface area contributed by atoms with Crippen molar-refractivity contribution in [3.63, 3.8) is 0 Å². The minimum Gasteiger partial charge on any atom is -0.493 e. The molecule has 0 saturated heterocycles. The first kappa shape index (κ1) is 8.61. The van der Waals surface area contributed by atoms with E-state index in [1.807, 2.05) is 13.1 Å². The number of hydrogen-bond acceptors (Lipinski definition) is 3. The molecule has 3 N–H and O–H groups in total. The van der Waals surface area contributed by atoms with Crippen molar-refractivity contribution in [2.75, 3.05) is 5.73 Å². The van der Waals surface area contributed by atoms with Crippen molar-refractivity contribution in [1.82, 2.24) is 4.57 Å². The quantitative estimate of drug-likeness (QED) is 0.609. The van der Waals surface area contributed by atoms with Gasteiger partial charge in [-0.25, -0.2) is 0 Å². The van der Waals surface area contributed by atoms with E-state index in [9.17, 15) is 5.11 Å². The lowest BCUT2D eigenvalue weighted by Gasteiger charge is -1.96. The van der Waals surface area contributed by atoms with E-state index in [0.29, 0.717) is 5.69 Å².